The van der Waals surface area contributed by atoms with Crippen LogP contribution < -0.4 is 10.9 Å². The first kappa shape index (κ1) is 24.4. The molecule has 0 aliphatic rings. The molecule has 0 unspecified atom stereocenters. The summed E-state index contributed by atoms with van der Waals surface area (Å²) in [7, 11) is 0. The fourth-order valence-corrected chi connectivity index (χ4v) is 3.50. The lowest BCUT2D eigenvalue weighted by Crippen LogP contribution is -2.49. The van der Waals surface area contributed by atoms with Crippen LogP contribution in [0.5, 0.6) is 0 Å². The van der Waals surface area contributed by atoms with Gasteiger partial charge in [-0.15, -0.1) is 0 Å². The number of alkyl halides is 3. The maximum atomic E-state index is 14.0. The molecule has 0 aliphatic carbocycles. The Hall–Kier alpha value is -3.25. The molecular formula is C22H21F3N2O6. The number of carbonyl (C=O) groups is 1. The number of nitrogens with one attached hydrogen (secondary N) is 2. The fourth-order valence-electron chi connectivity index (χ4n) is 3.50. The largest absolute Gasteiger partial charge is 0.417 e. The van der Waals surface area contributed by atoms with Crippen LogP contribution in [0.1, 0.15) is 5.56 Å². The van der Waals surface area contributed by atoms with Gasteiger partial charge in [-0.1, -0.05) is 36.4 Å². The molecule has 4 atom stereocenters. The van der Waals surface area contributed by atoms with Crippen LogP contribution in [-0.2, 0) is 11.0 Å². The molecule has 11 heteroatoms. The lowest BCUT2D eigenvalue weighted by atomic mass is 9.96. The monoisotopic (exact) mass is 466 g/mol. The third kappa shape index (κ3) is 5.06. The van der Waals surface area contributed by atoms with Gasteiger partial charge < -0.3 is 35.5 Å². The number of halogens is 3. The lowest BCUT2D eigenvalue weighted by molar-refractivity contribution is -0.135. The van der Waals surface area contributed by atoms with Gasteiger partial charge in [0.25, 0.3) is 5.56 Å². The quantitative estimate of drug-likeness (QED) is 0.275. The van der Waals surface area contributed by atoms with Gasteiger partial charge in [0, 0.05) is 11.1 Å². The molecule has 0 radical (unpaired) electrons. The Labute approximate surface area is 184 Å². The van der Waals surface area contributed by atoms with Crippen LogP contribution in [0.2, 0.25) is 0 Å². The summed E-state index contributed by atoms with van der Waals surface area (Å²) < 4.78 is 42.0. The zero-order chi connectivity index (χ0) is 24.3. The van der Waals surface area contributed by atoms with Crippen LogP contribution in [0.3, 0.4) is 0 Å². The number of aromatic amines is 1. The van der Waals surface area contributed by atoms with E-state index in [-0.39, 0.29) is 28.4 Å². The van der Waals surface area contributed by atoms with Gasteiger partial charge in [0.1, 0.15) is 30.6 Å². The van der Waals surface area contributed by atoms with Gasteiger partial charge in [-0.05, 0) is 17.7 Å². The molecule has 0 saturated heterocycles. The van der Waals surface area contributed by atoms with Crippen molar-refractivity contribution in [2.45, 2.75) is 30.5 Å². The van der Waals surface area contributed by atoms with Crippen molar-refractivity contribution in [3.63, 3.8) is 0 Å². The van der Waals surface area contributed by atoms with E-state index in [2.05, 4.69) is 10.3 Å². The molecule has 3 rings (SSSR count). The number of aromatic nitrogens is 1. The van der Waals surface area contributed by atoms with E-state index >= 15 is 0 Å². The molecule has 1 heterocycles. The minimum absolute atomic E-state index is 0.0561. The van der Waals surface area contributed by atoms with Gasteiger partial charge in [-0.3, -0.25) is 4.79 Å². The van der Waals surface area contributed by atoms with Crippen molar-refractivity contribution in [3.8, 4) is 11.1 Å². The van der Waals surface area contributed by atoms with E-state index in [9.17, 15) is 38.1 Å². The molecular weight excluding hydrogens is 445 g/mol. The molecule has 0 amide bonds. The van der Waals surface area contributed by atoms with E-state index in [1.54, 1.807) is 6.07 Å². The second kappa shape index (κ2) is 9.71. The number of benzene rings is 2. The fraction of sp³-hybridized carbons (Fsp3) is 0.273. The van der Waals surface area contributed by atoms with Crippen LogP contribution in [0, 0.1) is 0 Å². The zero-order valence-corrected chi connectivity index (χ0v) is 17.0. The number of hydrogen-bond donors (Lipinski definition) is 6. The van der Waals surface area contributed by atoms with Crippen LogP contribution >= 0.6 is 0 Å². The molecule has 33 heavy (non-hydrogen) atoms. The van der Waals surface area contributed by atoms with Crippen LogP contribution in [0.4, 0.5) is 18.9 Å². The summed E-state index contributed by atoms with van der Waals surface area (Å²) in [6.07, 6.45) is -10.1. The van der Waals surface area contributed by atoms with Gasteiger partial charge in [0.2, 0.25) is 0 Å². The molecule has 0 saturated carbocycles. The number of carbonyl (C=O) groups excluding carboxylic acids is 1. The molecule has 6 N–H and O–H groups in total. The lowest BCUT2D eigenvalue weighted by Gasteiger charge is -2.27. The summed E-state index contributed by atoms with van der Waals surface area (Å²) >= 11 is 0. The van der Waals surface area contributed by atoms with E-state index in [0.717, 1.165) is 12.1 Å². The van der Waals surface area contributed by atoms with Crippen molar-refractivity contribution >= 4 is 22.9 Å². The first-order valence-corrected chi connectivity index (χ1v) is 9.78. The van der Waals surface area contributed by atoms with Crippen LogP contribution in [0.25, 0.3) is 22.0 Å². The standard InChI is InChI=1S/C22H21F3N2O6/c23-22(24,25)18-13-7-6-12(26-15(9-28)19(31)20(32)16(30)10-29)8-14(13)27-21(33)17(18)11-4-2-1-3-5-11/h1-9,15-16,19-20,26,29-32H,10H2,(H,27,33)/t15-,16+,19+,20+/m0/s1. The summed E-state index contributed by atoms with van der Waals surface area (Å²) in [4.78, 5) is 26.4. The number of aliphatic hydroxyl groups is 4. The highest BCUT2D eigenvalue weighted by Gasteiger charge is 2.37. The van der Waals surface area contributed by atoms with Crippen LogP contribution in [-0.4, -0.2) is 62.7 Å². The maximum absolute atomic E-state index is 14.0. The number of H-pyrrole nitrogens is 1. The molecule has 1 aromatic heterocycles. The zero-order valence-electron chi connectivity index (χ0n) is 17.0. The van der Waals surface area contributed by atoms with Crippen molar-refractivity contribution in [3.05, 3.63) is 64.4 Å². The second-order valence-electron chi connectivity index (χ2n) is 7.37. The topological polar surface area (TPSA) is 143 Å². The van der Waals surface area contributed by atoms with E-state index in [1.165, 1.54) is 30.3 Å². The molecule has 0 aliphatic heterocycles. The average Bonchev–Trinajstić information content (AvgIpc) is 2.79. The van der Waals surface area contributed by atoms with Crippen molar-refractivity contribution in [1.82, 2.24) is 4.98 Å². The Morgan fingerprint density at radius 3 is 2.27 bits per heavy atom. The number of hydrogen-bond acceptors (Lipinski definition) is 7. The van der Waals surface area contributed by atoms with Crippen molar-refractivity contribution < 1.29 is 38.4 Å². The summed E-state index contributed by atoms with van der Waals surface area (Å²) in [5, 5.41) is 40.5. The summed E-state index contributed by atoms with van der Waals surface area (Å²) in [5.41, 5.74) is -2.64. The Morgan fingerprint density at radius 1 is 1.03 bits per heavy atom. The Kier molecular flexibility index (Phi) is 7.18. The third-order valence-corrected chi connectivity index (χ3v) is 5.14. The average molecular weight is 466 g/mol. The highest BCUT2D eigenvalue weighted by molar-refractivity contribution is 5.91. The van der Waals surface area contributed by atoms with Gasteiger partial charge in [0.15, 0.2) is 0 Å². The minimum atomic E-state index is -4.85. The summed E-state index contributed by atoms with van der Waals surface area (Å²) in [6, 6.07) is 9.41. The first-order valence-electron chi connectivity index (χ1n) is 9.78. The predicted octanol–water partition coefficient (Wildman–Crippen LogP) is 1.27. The first-order chi connectivity index (χ1) is 15.6. The molecule has 2 aromatic carbocycles. The Bertz CT molecular complexity index is 1180. The maximum Gasteiger partial charge on any atom is 0.417 e. The SMILES string of the molecule is O=C[C@H](Nc1ccc2c(C(F)(F)F)c(-c3ccccc3)c(=O)[nH]c2c1)[C@@H](O)[C@H](O)[C@H](O)CO. The predicted molar refractivity (Wildman–Crippen MR) is 114 cm³/mol. The van der Waals surface area contributed by atoms with Crippen molar-refractivity contribution in [2.75, 3.05) is 11.9 Å². The molecule has 176 valence electrons. The van der Waals surface area contributed by atoms with Crippen molar-refractivity contribution in [1.29, 1.82) is 0 Å². The smallest absolute Gasteiger partial charge is 0.394 e. The Balaban J connectivity index is 2.07. The van der Waals surface area contributed by atoms with E-state index in [4.69, 9.17) is 5.11 Å². The number of fused-ring (bicyclic) bond motifs is 1. The van der Waals surface area contributed by atoms with Crippen molar-refractivity contribution in [2.24, 2.45) is 0 Å². The number of aldehydes is 1. The number of anilines is 1. The number of aliphatic hydroxyl groups excluding tert-OH is 4. The number of rotatable bonds is 8. The van der Waals surface area contributed by atoms with Gasteiger partial charge in [-0.2, -0.15) is 13.2 Å². The summed E-state index contributed by atoms with van der Waals surface area (Å²) in [5.74, 6) is 0. The normalized spacial score (nSPS) is 15.6. The molecule has 0 fully saturated rings. The molecule has 8 nitrogen and oxygen atoms in total. The number of pyridine rings is 1. The minimum Gasteiger partial charge on any atom is -0.394 e. The molecule has 0 bridgehead atoms. The Morgan fingerprint density at radius 2 is 1.70 bits per heavy atom. The van der Waals surface area contributed by atoms with Gasteiger partial charge in [0.05, 0.1) is 23.3 Å². The molecule has 3 aromatic rings. The molecule has 0 spiro atoms. The van der Waals surface area contributed by atoms with E-state index in [0.29, 0.717) is 0 Å². The second-order valence-corrected chi connectivity index (χ2v) is 7.37. The van der Waals surface area contributed by atoms with E-state index < -0.39 is 53.8 Å². The summed E-state index contributed by atoms with van der Waals surface area (Å²) in [6.45, 7) is -0.870. The highest BCUT2D eigenvalue weighted by Crippen LogP contribution is 2.39. The third-order valence-electron chi connectivity index (χ3n) is 5.14. The van der Waals surface area contributed by atoms with Gasteiger partial charge >= 0.3 is 6.18 Å². The van der Waals surface area contributed by atoms with Gasteiger partial charge in [-0.25, -0.2) is 0 Å². The van der Waals surface area contributed by atoms with E-state index in [1.807, 2.05) is 0 Å². The highest BCUT2D eigenvalue weighted by atomic mass is 19.4. The van der Waals surface area contributed by atoms with Crippen LogP contribution in [0.15, 0.2) is 53.3 Å².